The average Bonchev–Trinajstić information content (AvgIpc) is 2.34. The van der Waals surface area contributed by atoms with Crippen LogP contribution in [0.5, 0.6) is 0 Å². The molecule has 0 amide bonds. The Balaban J connectivity index is 2.23. The summed E-state index contributed by atoms with van der Waals surface area (Å²) in [7, 11) is 0. The van der Waals surface area contributed by atoms with Crippen LogP contribution < -0.4 is 0 Å². The second kappa shape index (κ2) is 5.83. The van der Waals surface area contributed by atoms with E-state index in [0.717, 1.165) is 4.47 Å². The van der Waals surface area contributed by atoms with Gasteiger partial charge in [0.05, 0.1) is 30.8 Å². The van der Waals surface area contributed by atoms with Crippen LogP contribution in [0, 0.1) is 13.8 Å². The molecule has 1 aliphatic rings. The predicted molar refractivity (Wildman–Crippen MR) is 75.8 cm³/mol. The standard InChI is InChI=1S/C13H16Br2O2/c1-8-6-11(14)9(2)5-10(8)13(15)12-7-16-3-4-17-12/h5-6,12-13H,3-4,7H2,1-2H3. The molecule has 2 rings (SSSR count). The van der Waals surface area contributed by atoms with Gasteiger partial charge in [0.1, 0.15) is 0 Å². The van der Waals surface area contributed by atoms with Crippen LogP contribution in [0.3, 0.4) is 0 Å². The fourth-order valence-corrected chi connectivity index (χ4v) is 3.23. The summed E-state index contributed by atoms with van der Waals surface area (Å²) in [5, 5.41) is 0. The molecule has 1 heterocycles. The van der Waals surface area contributed by atoms with E-state index in [9.17, 15) is 0 Å². The third kappa shape index (κ3) is 3.11. The van der Waals surface area contributed by atoms with E-state index >= 15 is 0 Å². The van der Waals surface area contributed by atoms with Crippen molar-refractivity contribution in [3.8, 4) is 0 Å². The van der Waals surface area contributed by atoms with Crippen molar-refractivity contribution < 1.29 is 9.47 Å². The normalized spacial score (nSPS) is 22.5. The largest absolute Gasteiger partial charge is 0.376 e. The molecule has 0 bridgehead atoms. The van der Waals surface area contributed by atoms with Crippen molar-refractivity contribution in [1.29, 1.82) is 0 Å². The maximum atomic E-state index is 5.74. The molecule has 2 atom stereocenters. The first-order valence-electron chi connectivity index (χ1n) is 5.69. The summed E-state index contributed by atoms with van der Waals surface area (Å²) in [4.78, 5) is 0.189. The lowest BCUT2D eigenvalue weighted by Gasteiger charge is -2.28. The number of halogens is 2. The van der Waals surface area contributed by atoms with E-state index in [0.29, 0.717) is 19.8 Å². The molecular formula is C13H16Br2O2. The van der Waals surface area contributed by atoms with Gasteiger partial charge in [0.15, 0.2) is 0 Å². The smallest absolute Gasteiger partial charge is 0.0975 e. The molecule has 0 aliphatic carbocycles. The van der Waals surface area contributed by atoms with Crippen LogP contribution in [0.25, 0.3) is 0 Å². The van der Waals surface area contributed by atoms with Gasteiger partial charge in [-0.1, -0.05) is 37.9 Å². The summed E-state index contributed by atoms with van der Waals surface area (Å²) in [6.07, 6.45) is 0.100. The van der Waals surface area contributed by atoms with Gasteiger partial charge in [-0.05, 0) is 36.6 Å². The number of alkyl halides is 1. The summed E-state index contributed by atoms with van der Waals surface area (Å²) in [6.45, 7) is 6.27. The monoisotopic (exact) mass is 362 g/mol. The van der Waals surface area contributed by atoms with Gasteiger partial charge >= 0.3 is 0 Å². The first-order chi connectivity index (χ1) is 8.09. The number of benzene rings is 1. The van der Waals surface area contributed by atoms with E-state index in [2.05, 4.69) is 57.8 Å². The van der Waals surface area contributed by atoms with Gasteiger partial charge < -0.3 is 9.47 Å². The van der Waals surface area contributed by atoms with E-state index in [1.165, 1.54) is 16.7 Å². The molecular weight excluding hydrogens is 348 g/mol. The molecule has 2 unspecified atom stereocenters. The van der Waals surface area contributed by atoms with Crippen molar-refractivity contribution in [2.75, 3.05) is 19.8 Å². The Labute approximate surface area is 119 Å². The van der Waals surface area contributed by atoms with Gasteiger partial charge in [0.2, 0.25) is 0 Å². The van der Waals surface area contributed by atoms with Crippen LogP contribution in [0.2, 0.25) is 0 Å². The molecule has 1 saturated heterocycles. The Bertz CT molecular complexity index is 401. The maximum Gasteiger partial charge on any atom is 0.0975 e. The number of aryl methyl sites for hydroxylation is 2. The SMILES string of the molecule is Cc1cc(C(Br)C2COCCO2)c(C)cc1Br. The second-order valence-electron chi connectivity index (χ2n) is 4.34. The Morgan fingerprint density at radius 2 is 2.00 bits per heavy atom. The van der Waals surface area contributed by atoms with Gasteiger partial charge in [0.25, 0.3) is 0 Å². The first-order valence-corrected chi connectivity index (χ1v) is 7.40. The highest BCUT2D eigenvalue weighted by atomic mass is 79.9. The highest BCUT2D eigenvalue weighted by Gasteiger charge is 2.25. The second-order valence-corrected chi connectivity index (χ2v) is 6.18. The lowest BCUT2D eigenvalue weighted by atomic mass is 10.00. The molecule has 0 saturated carbocycles. The zero-order valence-corrected chi connectivity index (χ0v) is 13.2. The number of hydrogen-bond donors (Lipinski definition) is 0. The minimum atomic E-state index is 0.100. The summed E-state index contributed by atoms with van der Waals surface area (Å²) in [5.41, 5.74) is 3.78. The van der Waals surface area contributed by atoms with Crippen molar-refractivity contribution in [3.63, 3.8) is 0 Å². The van der Waals surface area contributed by atoms with Crippen LogP contribution in [-0.4, -0.2) is 25.9 Å². The van der Waals surface area contributed by atoms with Gasteiger partial charge in [0, 0.05) is 4.47 Å². The zero-order chi connectivity index (χ0) is 12.4. The molecule has 0 aromatic heterocycles. The van der Waals surface area contributed by atoms with Crippen molar-refractivity contribution >= 4 is 31.9 Å². The number of hydrogen-bond acceptors (Lipinski definition) is 2. The molecule has 17 heavy (non-hydrogen) atoms. The Morgan fingerprint density at radius 3 is 2.65 bits per heavy atom. The molecule has 94 valence electrons. The van der Waals surface area contributed by atoms with Crippen LogP contribution >= 0.6 is 31.9 Å². The van der Waals surface area contributed by atoms with Crippen LogP contribution in [-0.2, 0) is 9.47 Å². The summed E-state index contributed by atoms with van der Waals surface area (Å²) >= 11 is 7.29. The van der Waals surface area contributed by atoms with E-state index in [-0.39, 0.29) is 10.9 Å². The lowest BCUT2D eigenvalue weighted by molar-refractivity contribution is -0.0877. The van der Waals surface area contributed by atoms with E-state index in [1.54, 1.807) is 0 Å². The fourth-order valence-electron chi connectivity index (χ4n) is 1.98. The van der Waals surface area contributed by atoms with Crippen molar-refractivity contribution in [2.24, 2.45) is 0 Å². The van der Waals surface area contributed by atoms with E-state index < -0.39 is 0 Å². The minimum Gasteiger partial charge on any atom is -0.376 e. The van der Waals surface area contributed by atoms with Crippen molar-refractivity contribution in [1.82, 2.24) is 0 Å². The molecule has 0 spiro atoms. The summed E-state index contributed by atoms with van der Waals surface area (Å²) in [5.74, 6) is 0. The first kappa shape index (κ1) is 13.5. The molecule has 0 radical (unpaired) electrons. The third-order valence-corrected chi connectivity index (χ3v) is 4.95. The predicted octanol–water partition coefficient (Wildman–Crippen LogP) is 3.92. The average molecular weight is 364 g/mol. The van der Waals surface area contributed by atoms with Gasteiger partial charge in [-0.3, -0.25) is 0 Å². The molecule has 2 nitrogen and oxygen atoms in total. The topological polar surface area (TPSA) is 18.5 Å². The molecule has 1 fully saturated rings. The highest BCUT2D eigenvalue weighted by molar-refractivity contribution is 9.10. The zero-order valence-electron chi connectivity index (χ0n) is 10.0. The lowest BCUT2D eigenvalue weighted by Crippen LogP contribution is -2.32. The van der Waals surface area contributed by atoms with Gasteiger partial charge in [-0.2, -0.15) is 0 Å². The minimum absolute atomic E-state index is 0.100. The molecule has 1 aromatic rings. The van der Waals surface area contributed by atoms with Gasteiger partial charge in [-0.25, -0.2) is 0 Å². The maximum absolute atomic E-state index is 5.74. The fraction of sp³-hybridized carbons (Fsp3) is 0.538. The van der Waals surface area contributed by atoms with E-state index in [4.69, 9.17) is 9.47 Å². The van der Waals surface area contributed by atoms with Crippen LogP contribution in [0.1, 0.15) is 21.5 Å². The molecule has 4 heteroatoms. The van der Waals surface area contributed by atoms with Gasteiger partial charge in [-0.15, -0.1) is 0 Å². The highest BCUT2D eigenvalue weighted by Crippen LogP contribution is 2.34. The van der Waals surface area contributed by atoms with Crippen molar-refractivity contribution in [2.45, 2.75) is 24.8 Å². The summed E-state index contributed by atoms with van der Waals surface area (Å²) in [6, 6.07) is 4.36. The van der Waals surface area contributed by atoms with Crippen molar-refractivity contribution in [3.05, 3.63) is 33.3 Å². The Kier molecular flexibility index (Phi) is 4.64. The van der Waals surface area contributed by atoms with E-state index in [1.807, 2.05) is 0 Å². The molecule has 1 aromatic carbocycles. The number of rotatable bonds is 2. The number of ether oxygens (including phenoxy) is 2. The molecule has 0 N–H and O–H groups in total. The van der Waals surface area contributed by atoms with Crippen LogP contribution in [0.4, 0.5) is 0 Å². The Hall–Kier alpha value is 0.1000. The third-order valence-electron chi connectivity index (χ3n) is 3.01. The molecule has 1 aliphatic heterocycles. The van der Waals surface area contributed by atoms with Crippen LogP contribution in [0.15, 0.2) is 16.6 Å². The quantitative estimate of drug-likeness (QED) is 0.741. The Morgan fingerprint density at radius 1 is 1.24 bits per heavy atom. The summed E-state index contributed by atoms with van der Waals surface area (Å²) < 4.78 is 12.3.